The minimum Gasteiger partial charge on any atom is -0.368 e. The molecule has 0 spiro atoms. The van der Waals surface area contributed by atoms with Crippen LogP contribution >= 0.6 is 23.2 Å². The first kappa shape index (κ1) is 10.5. The van der Waals surface area contributed by atoms with E-state index in [0.29, 0.717) is 0 Å². The van der Waals surface area contributed by atoms with Crippen LogP contribution in [0.15, 0.2) is 4.90 Å². The number of hydrogen-bond donors (Lipinski definition) is 1. The van der Waals surface area contributed by atoms with E-state index in [1.165, 1.54) is 0 Å². The van der Waals surface area contributed by atoms with Crippen molar-refractivity contribution in [2.75, 3.05) is 12.0 Å². The average molecular weight is 242 g/mol. The summed E-state index contributed by atoms with van der Waals surface area (Å²) < 4.78 is 22.2. The molecule has 8 heteroatoms. The first-order valence-electron chi connectivity index (χ1n) is 3.01. The lowest BCUT2D eigenvalue weighted by Gasteiger charge is -2.02. The quantitative estimate of drug-likeness (QED) is 0.735. The highest BCUT2D eigenvalue weighted by Gasteiger charge is 2.19. The van der Waals surface area contributed by atoms with Gasteiger partial charge in [0, 0.05) is 6.26 Å². The highest BCUT2D eigenvalue weighted by atomic mass is 35.5. The van der Waals surface area contributed by atoms with Gasteiger partial charge in [-0.3, -0.25) is 0 Å². The number of anilines is 1. The van der Waals surface area contributed by atoms with E-state index >= 15 is 0 Å². The maximum absolute atomic E-state index is 11.1. The van der Waals surface area contributed by atoms with Gasteiger partial charge in [-0.25, -0.2) is 8.42 Å². The van der Waals surface area contributed by atoms with Crippen molar-refractivity contribution in [1.29, 1.82) is 0 Å². The predicted octanol–water partition coefficient (Wildman–Crippen LogP) is 0.769. The first-order chi connectivity index (χ1) is 5.82. The van der Waals surface area contributed by atoms with E-state index in [2.05, 4.69) is 9.97 Å². The van der Waals surface area contributed by atoms with Gasteiger partial charge in [-0.15, -0.1) is 0 Å². The van der Waals surface area contributed by atoms with Gasteiger partial charge in [0.15, 0.2) is 20.1 Å². The number of hydrogen-bond acceptors (Lipinski definition) is 5. The molecule has 0 saturated carbocycles. The van der Waals surface area contributed by atoms with E-state index < -0.39 is 9.84 Å². The summed E-state index contributed by atoms with van der Waals surface area (Å²) in [5.74, 6) is -0.164. The maximum atomic E-state index is 11.1. The molecule has 1 rings (SSSR count). The molecule has 0 bridgehead atoms. The Morgan fingerprint density at radius 1 is 1.23 bits per heavy atom. The van der Waals surface area contributed by atoms with Gasteiger partial charge in [-0.05, 0) is 0 Å². The van der Waals surface area contributed by atoms with E-state index in [-0.39, 0.29) is 21.2 Å². The predicted molar refractivity (Wildman–Crippen MR) is 49.6 cm³/mol. The third-order valence-electron chi connectivity index (χ3n) is 1.17. The van der Waals surface area contributed by atoms with Crippen LogP contribution in [0.3, 0.4) is 0 Å². The molecular formula is C5H5Cl2N3O2S. The van der Waals surface area contributed by atoms with Gasteiger partial charge in [-0.2, -0.15) is 9.97 Å². The number of nitrogen functional groups attached to an aromatic ring is 1. The number of rotatable bonds is 1. The lowest BCUT2D eigenvalue weighted by Crippen LogP contribution is -2.05. The Morgan fingerprint density at radius 2 is 1.62 bits per heavy atom. The molecule has 0 saturated heterocycles. The summed E-state index contributed by atoms with van der Waals surface area (Å²) >= 11 is 11.0. The van der Waals surface area contributed by atoms with Gasteiger partial charge in [0.05, 0.1) is 0 Å². The van der Waals surface area contributed by atoms with Crippen LogP contribution in [0.25, 0.3) is 0 Å². The first-order valence-corrected chi connectivity index (χ1v) is 5.65. The van der Waals surface area contributed by atoms with E-state index in [1.54, 1.807) is 0 Å². The zero-order chi connectivity index (χ0) is 10.2. The van der Waals surface area contributed by atoms with Crippen molar-refractivity contribution < 1.29 is 8.42 Å². The molecule has 5 nitrogen and oxygen atoms in total. The van der Waals surface area contributed by atoms with Crippen LogP contribution in [0.4, 0.5) is 5.95 Å². The zero-order valence-corrected chi connectivity index (χ0v) is 8.78. The van der Waals surface area contributed by atoms with Crippen LogP contribution in [-0.2, 0) is 9.84 Å². The summed E-state index contributed by atoms with van der Waals surface area (Å²) in [7, 11) is -3.53. The Balaban J connectivity index is 3.57. The molecule has 72 valence electrons. The average Bonchev–Trinajstić information content (AvgIpc) is 1.78. The SMILES string of the molecule is CS(=O)(=O)c1c(Cl)nc(N)nc1Cl. The highest BCUT2D eigenvalue weighted by Crippen LogP contribution is 2.26. The molecular weight excluding hydrogens is 237 g/mol. The van der Waals surface area contributed by atoms with Gasteiger partial charge < -0.3 is 5.73 Å². The molecule has 0 aromatic carbocycles. The molecule has 0 atom stereocenters. The third-order valence-corrected chi connectivity index (χ3v) is 3.07. The molecule has 13 heavy (non-hydrogen) atoms. The minimum absolute atomic E-state index is 0.164. The number of nitrogens with zero attached hydrogens (tertiary/aromatic N) is 2. The fraction of sp³-hybridized carbons (Fsp3) is 0.200. The van der Waals surface area contributed by atoms with E-state index in [4.69, 9.17) is 28.9 Å². The van der Waals surface area contributed by atoms with Gasteiger partial charge in [0.25, 0.3) is 0 Å². The summed E-state index contributed by atoms with van der Waals surface area (Å²) in [6.45, 7) is 0. The molecule has 0 aliphatic heterocycles. The largest absolute Gasteiger partial charge is 0.368 e. The Morgan fingerprint density at radius 3 is 1.92 bits per heavy atom. The molecule has 0 aliphatic rings. The Labute approximate surface area is 84.8 Å². The Hall–Kier alpha value is -0.590. The highest BCUT2D eigenvalue weighted by molar-refractivity contribution is 7.91. The summed E-state index contributed by atoms with van der Waals surface area (Å²) in [5.41, 5.74) is 5.19. The van der Waals surface area contributed by atoms with Crippen molar-refractivity contribution in [2.24, 2.45) is 0 Å². The van der Waals surface area contributed by atoms with Crippen LogP contribution in [0.5, 0.6) is 0 Å². The van der Waals surface area contributed by atoms with Crippen LogP contribution < -0.4 is 5.73 Å². The second-order valence-electron chi connectivity index (χ2n) is 2.26. The topological polar surface area (TPSA) is 85.9 Å². The number of halogens is 2. The van der Waals surface area contributed by atoms with E-state index in [0.717, 1.165) is 6.26 Å². The summed E-state index contributed by atoms with van der Waals surface area (Å²) in [6.07, 6.45) is 0.958. The fourth-order valence-electron chi connectivity index (χ4n) is 0.719. The van der Waals surface area contributed by atoms with Crippen LogP contribution in [0.1, 0.15) is 0 Å². The molecule has 0 amide bonds. The Kier molecular flexibility index (Phi) is 2.65. The molecule has 0 unspecified atom stereocenters. The van der Waals surface area contributed by atoms with Crippen molar-refractivity contribution in [3.63, 3.8) is 0 Å². The lowest BCUT2D eigenvalue weighted by molar-refractivity contribution is 0.601. The molecule has 1 heterocycles. The number of sulfone groups is 1. The summed E-state index contributed by atoms with van der Waals surface area (Å²) in [4.78, 5) is 6.64. The van der Waals surface area contributed by atoms with E-state index in [1.807, 2.05) is 0 Å². The van der Waals surface area contributed by atoms with Gasteiger partial charge >= 0.3 is 0 Å². The monoisotopic (exact) mass is 241 g/mol. The molecule has 2 N–H and O–H groups in total. The molecule has 1 aromatic rings. The van der Waals surface area contributed by atoms with Crippen molar-refractivity contribution in [2.45, 2.75) is 4.90 Å². The summed E-state index contributed by atoms with van der Waals surface area (Å²) in [6, 6.07) is 0. The minimum atomic E-state index is -3.53. The van der Waals surface area contributed by atoms with Crippen LogP contribution in [0.2, 0.25) is 10.3 Å². The molecule has 1 aromatic heterocycles. The van der Waals surface area contributed by atoms with Crippen molar-refractivity contribution >= 4 is 39.0 Å². The zero-order valence-electron chi connectivity index (χ0n) is 6.45. The van der Waals surface area contributed by atoms with Gasteiger partial charge in [0.1, 0.15) is 4.90 Å². The number of aromatic nitrogens is 2. The van der Waals surface area contributed by atoms with Crippen molar-refractivity contribution in [1.82, 2.24) is 9.97 Å². The standard InChI is InChI=1S/C5H5Cl2N3O2S/c1-13(11,12)2-3(6)9-5(8)10-4(2)7/h1H3,(H2,8,9,10). The molecule has 0 radical (unpaired) electrons. The second kappa shape index (κ2) is 3.28. The third kappa shape index (κ3) is 2.20. The van der Waals surface area contributed by atoms with E-state index in [9.17, 15) is 8.42 Å². The van der Waals surface area contributed by atoms with Crippen molar-refractivity contribution in [3.8, 4) is 0 Å². The smallest absolute Gasteiger partial charge is 0.222 e. The van der Waals surface area contributed by atoms with Crippen LogP contribution in [0, 0.1) is 0 Å². The Bertz CT molecular complexity index is 422. The summed E-state index contributed by atoms with van der Waals surface area (Å²) in [5, 5.41) is -0.528. The lowest BCUT2D eigenvalue weighted by atomic mass is 10.6. The van der Waals surface area contributed by atoms with Gasteiger partial charge in [-0.1, -0.05) is 23.2 Å². The maximum Gasteiger partial charge on any atom is 0.222 e. The number of nitrogens with two attached hydrogens (primary N) is 1. The second-order valence-corrected chi connectivity index (χ2v) is 4.93. The van der Waals surface area contributed by atoms with Crippen molar-refractivity contribution in [3.05, 3.63) is 10.3 Å². The fourth-order valence-corrected chi connectivity index (χ4v) is 2.66. The van der Waals surface area contributed by atoms with Crippen LogP contribution in [-0.4, -0.2) is 24.6 Å². The van der Waals surface area contributed by atoms with Gasteiger partial charge in [0.2, 0.25) is 5.95 Å². The normalized spacial score (nSPS) is 11.6. The molecule has 0 aliphatic carbocycles. The molecule has 0 fully saturated rings.